The maximum absolute atomic E-state index is 12.1. The van der Waals surface area contributed by atoms with Gasteiger partial charge in [0.1, 0.15) is 11.2 Å². The van der Waals surface area contributed by atoms with E-state index in [1.54, 1.807) is 38.3 Å². The predicted molar refractivity (Wildman–Crippen MR) is 98.2 cm³/mol. The Balaban J connectivity index is 1.94. The summed E-state index contributed by atoms with van der Waals surface area (Å²) in [4.78, 5) is 24.7. The zero-order valence-electron chi connectivity index (χ0n) is 14.2. The van der Waals surface area contributed by atoms with Crippen LogP contribution in [0.5, 0.6) is 5.75 Å². The summed E-state index contributed by atoms with van der Waals surface area (Å²) in [5, 5.41) is 12.3. The van der Waals surface area contributed by atoms with Crippen LogP contribution >= 0.6 is 11.8 Å². The van der Waals surface area contributed by atoms with Crippen LogP contribution in [0.25, 0.3) is 0 Å². The van der Waals surface area contributed by atoms with Gasteiger partial charge in [0, 0.05) is 11.4 Å². The maximum Gasteiger partial charge on any atom is 0.315 e. The number of carbonyl (C=O) groups excluding carboxylic acids is 1. The van der Waals surface area contributed by atoms with Gasteiger partial charge in [-0.25, -0.2) is 0 Å². The molecule has 0 radical (unpaired) electrons. The average molecular weight is 359 g/mol. The quantitative estimate of drug-likeness (QED) is 0.709. The second kappa shape index (κ2) is 8.58. The molecule has 25 heavy (non-hydrogen) atoms. The third-order valence-corrected chi connectivity index (χ3v) is 4.93. The number of hydrogen-bond acceptors (Lipinski definition) is 4. The summed E-state index contributed by atoms with van der Waals surface area (Å²) in [5.74, 6) is -0.249. The molecular formula is C19H21NO4S. The van der Waals surface area contributed by atoms with Gasteiger partial charge in [-0.15, -0.1) is 11.8 Å². The van der Waals surface area contributed by atoms with Gasteiger partial charge in [0.2, 0.25) is 5.91 Å². The molecule has 2 aromatic rings. The van der Waals surface area contributed by atoms with Crippen LogP contribution in [0.15, 0.2) is 59.5 Å². The summed E-state index contributed by atoms with van der Waals surface area (Å²) in [6, 6.07) is 16.4. The highest BCUT2D eigenvalue weighted by Gasteiger charge is 2.35. The number of nitrogens with one attached hydrogen (secondary N) is 1. The molecule has 0 aromatic heterocycles. The lowest BCUT2D eigenvalue weighted by Crippen LogP contribution is -2.44. The van der Waals surface area contributed by atoms with E-state index in [9.17, 15) is 14.7 Å². The van der Waals surface area contributed by atoms with Crippen molar-refractivity contribution in [1.29, 1.82) is 0 Å². The van der Waals surface area contributed by atoms with Crippen molar-refractivity contribution in [3.8, 4) is 5.75 Å². The number of rotatable bonds is 8. The van der Waals surface area contributed by atoms with Crippen LogP contribution in [0.1, 0.15) is 12.5 Å². The topological polar surface area (TPSA) is 75.6 Å². The van der Waals surface area contributed by atoms with Crippen LogP contribution in [0, 0.1) is 0 Å². The van der Waals surface area contributed by atoms with Gasteiger partial charge in [-0.3, -0.25) is 9.59 Å². The number of carboxylic acid groups (broad SMARTS) is 1. The van der Waals surface area contributed by atoms with Crippen molar-refractivity contribution in [2.24, 2.45) is 0 Å². The minimum Gasteiger partial charge on any atom is -0.497 e. The number of aliphatic carboxylic acids is 1. The van der Waals surface area contributed by atoms with E-state index in [1.165, 1.54) is 11.8 Å². The summed E-state index contributed by atoms with van der Waals surface area (Å²) in [6.07, 6.45) is 0. The number of ether oxygens (including phenoxy) is 1. The molecule has 0 aliphatic rings. The molecular weight excluding hydrogens is 338 g/mol. The highest BCUT2D eigenvalue weighted by Crippen LogP contribution is 2.24. The molecule has 0 spiro atoms. The molecule has 0 saturated carbocycles. The van der Waals surface area contributed by atoms with Gasteiger partial charge in [0.05, 0.1) is 12.9 Å². The van der Waals surface area contributed by atoms with Crippen molar-refractivity contribution in [1.82, 2.24) is 5.32 Å². The highest BCUT2D eigenvalue weighted by molar-refractivity contribution is 8.00. The molecule has 0 aliphatic carbocycles. The van der Waals surface area contributed by atoms with Crippen molar-refractivity contribution in [2.45, 2.75) is 17.2 Å². The zero-order valence-corrected chi connectivity index (χ0v) is 15.0. The number of amides is 1. The maximum atomic E-state index is 12.1. The van der Waals surface area contributed by atoms with Crippen LogP contribution in [-0.2, 0) is 15.0 Å². The standard InChI is InChI=1S/C19H21NO4S/c1-19(18(22)23,14-7-4-3-5-8-14)13-20-17(21)12-25-16-10-6-9-15(11-16)24-2/h3-11H,12-13H2,1-2H3,(H,20,21)(H,22,23). The lowest BCUT2D eigenvalue weighted by molar-refractivity contribution is -0.143. The van der Waals surface area contributed by atoms with Crippen molar-refractivity contribution in [2.75, 3.05) is 19.4 Å². The van der Waals surface area contributed by atoms with Gasteiger partial charge in [-0.2, -0.15) is 0 Å². The fraction of sp³-hybridized carbons (Fsp3) is 0.263. The van der Waals surface area contributed by atoms with Crippen LogP contribution < -0.4 is 10.1 Å². The first-order valence-corrected chi connectivity index (χ1v) is 8.77. The van der Waals surface area contributed by atoms with Gasteiger partial charge >= 0.3 is 5.97 Å². The van der Waals surface area contributed by atoms with Gasteiger partial charge in [-0.05, 0) is 30.7 Å². The molecule has 6 heteroatoms. The average Bonchev–Trinajstić information content (AvgIpc) is 2.65. The first-order valence-electron chi connectivity index (χ1n) is 7.78. The molecule has 0 heterocycles. The van der Waals surface area contributed by atoms with Crippen molar-refractivity contribution < 1.29 is 19.4 Å². The predicted octanol–water partition coefficient (Wildman–Crippen LogP) is 2.95. The van der Waals surface area contributed by atoms with Crippen LogP contribution in [0.4, 0.5) is 0 Å². The van der Waals surface area contributed by atoms with E-state index in [0.29, 0.717) is 5.56 Å². The van der Waals surface area contributed by atoms with Crippen LogP contribution in [0.3, 0.4) is 0 Å². The summed E-state index contributed by atoms with van der Waals surface area (Å²) in [7, 11) is 1.59. The van der Waals surface area contributed by atoms with Crippen molar-refractivity contribution >= 4 is 23.6 Å². The van der Waals surface area contributed by atoms with Gasteiger partial charge in [0.25, 0.3) is 0 Å². The summed E-state index contributed by atoms with van der Waals surface area (Å²) < 4.78 is 5.15. The molecule has 2 N–H and O–H groups in total. The lowest BCUT2D eigenvalue weighted by Gasteiger charge is -2.25. The number of carbonyl (C=O) groups is 2. The fourth-order valence-corrected chi connectivity index (χ4v) is 3.05. The third kappa shape index (κ3) is 5.00. The molecule has 0 aliphatic heterocycles. The van der Waals surface area contributed by atoms with E-state index in [-0.39, 0.29) is 18.2 Å². The van der Waals surface area contributed by atoms with Crippen molar-refractivity contribution in [3.63, 3.8) is 0 Å². The summed E-state index contributed by atoms with van der Waals surface area (Å²) >= 11 is 1.37. The van der Waals surface area contributed by atoms with Crippen LogP contribution in [0.2, 0.25) is 0 Å². The third-order valence-electron chi connectivity index (χ3n) is 3.93. The largest absolute Gasteiger partial charge is 0.497 e. The Labute approximate surface area is 151 Å². The molecule has 2 rings (SSSR count). The SMILES string of the molecule is COc1cccc(SCC(=O)NCC(C)(C(=O)O)c2ccccc2)c1. The molecule has 1 unspecified atom stereocenters. The number of methoxy groups -OCH3 is 1. The summed E-state index contributed by atoms with van der Waals surface area (Å²) in [6.45, 7) is 1.64. The van der Waals surface area contributed by atoms with E-state index in [2.05, 4.69) is 5.32 Å². The zero-order chi connectivity index (χ0) is 18.3. The molecule has 1 amide bonds. The van der Waals surface area contributed by atoms with E-state index in [0.717, 1.165) is 10.6 Å². The number of hydrogen-bond donors (Lipinski definition) is 2. The molecule has 2 aromatic carbocycles. The van der Waals surface area contributed by atoms with Gasteiger partial charge < -0.3 is 15.2 Å². The highest BCUT2D eigenvalue weighted by atomic mass is 32.2. The van der Waals surface area contributed by atoms with E-state index < -0.39 is 11.4 Å². The first-order chi connectivity index (χ1) is 12.0. The second-order valence-corrected chi connectivity index (χ2v) is 6.80. The molecule has 1 atom stereocenters. The molecule has 0 bridgehead atoms. The van der Waals surface area contributed by atoms with Gasteiger partial charge in [0.15, 0.2) is 0 Å². The minimum atomic E-state index is -1.17. The first kappa shape index (κ1) is 18.9. The van der Waals surface area contributed by atoms with Crippen LogP contribution in [-0.4, -0.2) is 36.4 Å². The molecule has 132 valence electrons. The molecule has 0 fully saturated rings. The summed E-state index contributed by atoms with van der Waals surface area (Å²) in [5.41, 5.74) is -0.513. The Hall–Kier alpha value is -2.47. The molecule has 5 nitrogen and oxygen atoms in total. The Morgan fingerprint density at radius 1 is 1.16 bits per heavy atom. The normalized spacial score (nSPS) is 12.9. The monoisotopic (exact) mass is 359 g/mol. The number of thioether (sulfide) groups is 1. The Kier molecular flexibility index (Phi) is 6.47. The lowest BCUT2D eigenvalue weighted by atomic mass is 9.82. The Morgan fingerprint density at radius 2 is 1.88 bits per heavy atom. The van der Waals surface area contributed by atoms with E-state index in [1.807, 2.05) is 30.3 Å². The molecule has 0 saturated heterocycles. The van der Waals surface area contributed by atoms with Gasteiger partial charge in [-0.1, -0.05) is 36.4 Å². The smallest absolute Gasteiger partial charge is 0.315 e. The minimum absolute atomic E-state index is 0.0316. The fourth-order valence-electron chi connectivity index (χ4n) is 2.27. The van der Waals surface area contributed by atoms with E-state index in [4.69, 9.17) is 4.74 Å². The Bertz CT molecular complexity index is 735. The number of carboxylic acids is 1. The number of benzene rings is 2. The second-order valence-electron chi connectivity index (χ2n) is 5.75. The Morgan fingerprint density at radius 3 is 2.52 bits per heavy atom. The van der Waals surface area contributed by atoms with E-state index >= 15 is 0 Å². The van der Waals surface area contributed by atoms with Crippen molar-refractivity contribution in [3.05, 3.63) is 60.2 Å².